The Balaban J connectivity index is 1.62. The van der Waals surface area contributed by atoms with Crippen molar-refractivity contribution in [3.8, 4) is 0 Å². The van der Waals surface area contributed by atoms with Gasteiger partial charge in [0.05, 0.1) is 12.2 Å². The van der Waals surface area contributed by atoms with E-state index >= 15 is 0 Å². The van der Waals surface area contributed by atoms with Crippen LogP contribution in [-0.2, 0) is 22.6 Å². The molecule has 10 heteroatoms. The molecule has 1 atom stereocenters. The molecule has 3 N–H and O–H groups in total. The lowest BCUT2D eigenvalue weighted by atomic mass is 10.0. The molecule has 0 saturated carbocycles. The standard InChI is InChI=1S/C30H36N6O4/c1-18(2)26-17-35(34-33-26)16-21-9-10-22(7-6-8-28(37)38)25(13-21)32-29(39)20(4)36-15-19(3)24-12-11-23(14-27(24)36)30(40)31-5/h9-15,17-18,20H,6-8,16H2,1-5H3,(H,31,40)(H,32,39)(H,37,38). The number of nitrogens with zero attached hydrogens (tertiary/aromatic N) is 4. The summed E-state index contributed by atoms with van der Waals surface area (Å²) in [6, 6.07) is 10.7. The maximum atomic E-state index is 13.6. The highest BCUT2D eigenvalue weighted by Crippen LogP contribution is 2.28. The number of carbonyl (C=O) groups excluding carboxylic acids is 2. The molecular weight excluding hydrogens is 508 g/mol. The Morgan fingerprint density at radius 1 is 1.05 bits per heavy atom. The Morgan fingerprint density at radius 3 is 2.50 bits per heavy atom. The summed E-state index contributed by atoms with van der Waals surface area (Å²) >= 11 is 0. The number of anilines is 1. The van der Waals surface area contributed by atoms with E-state index in [1.54, 1.807) is 23.9 Å². The number of carboxylic acids is 1. The predicted molar refractivity (Wildman–Crippen MR) is 154 cm³/mol. The Kier molecular flexibility index (Phi) is 8.67. The predicted octanol–water partition coefficient (Wildman–Crippen LogP) is 4.68. The third-order valence-corrected chi connectivity index (χ3v) is 7.08. The SMILES string of the molecule is CNC(=O)c1ccc2c(C)cn(C(C)C(=O)Nc3cc(Cn4cc(C(C)C)nn4)ccc3CCCC(=O)O)c2c1. The summed E-state index contributed by atoms with van der Waals surface area (Å²) < 4.78 is 3.64. The van der Waals surface area contributed by atoms with Crippen LogP contribution in [0.5, 0.6) is 0 Å². The summed E-state index contributed by atoms with van der Waals surface area (Å²) in [6.07, 6.45) is 4.85. The van der Waals surface area contributed by atoms with Gasteiger partial charge < -0.3 is 20.3 Å². The zero-order valence-corrected chi connectivity index (χ0v) is 23.6. The van der Waals surface area contributed by atoms with Crippen molar-refractivity contribution < 1.29 is 19.5 Å². The summed E-state index contributed by atoms with van der Waals surface area (Å²) in [5.41, 5.74) is 5.66. The van der Waals surface area contributed by atoms with Crippen molar-refractivity contribution in [2.45, 2.75) is 65.5 Å². The molecule has 40 heavy (non-hydrogen) atoms. The number of hydrogen-bond acceptors (Lipinski definition) is 5. The molecule has 10 nitrogen and oxygen atoms in total. The van der Waals surface area contributed by atoms with Gasteiger partial charge in [0.25, 0.3) is 5.91 Å². The minimum Gasteiger partial charge on any atom is -0.481 e. The van der Waals surface area contributed by atoms with Crippen LogP contribution < -0.4 is 10.6 Å². The molecule has 1 unspecified atom stereocenters. The Bertz CT molecular complexity index is 1550. The number of aromatic nitrogens is 4. The lowest BCUT2D eigenvalue weighted by molar-refractivity contribution is -0.137. The first-order chi connectivity index (χ1) is 19.1. The monoisotopic (exact) mass is 544 g/mol. The molecule has 2 amide bonds. The fourth-order valence-electron chi connectivity index (χ4n) is 4.72. The molecule has 2 heterocycles. The van der Waals surface area contributed by atoms with Crippen molar-refractivity contribution in [1.82, 2.24) is 24.9 Å². The number of rotatable bonds is 11. The van der Waals surface area contributed by atoms with Crippen LogP contribution in [0.2, 0.25) is 0 Å². The summed E-state index contributed by atoms with van der Waals surface area (Å²) in [6.45, 7) is 8.39. The number of fused-ring (bicyclic) bond motifs is 1. The molecule has 0 bridgehead atoms. The first-order valence-corrected chi connectivity index (χ1v) is 13.4. The number of aliphatic carboxylic acids is 1. The Morgan fingerprint density at radius 2 is 1.82 bits per heavy atom. The lowest BCUT2D eigenvalue weighted by Gasteiger charge is -2.18. The molecular formula is C30H36N6O4. The topological polar surface area (TPSA) is 131 Å². The van der Waals surface area contributed by atoms with E-state index in [-0.39, 0.29) is 24.2 Å². The zero-order valence-electron chi connectivity index (χ0n) is 23.6. The fraction of sp³-hybridized carbons (Fsp3) is 0.367. The van der Waals surface area contributed by atoms with E-state index in [1.165, 1.54) is 0 Å². The molecule has 2 aromatic heterocycles. The van der Waals surface area contributed by atoms with E-state index in [9.17, 15) is 14.4 Å². The van der Waals surface area contributed by atoms with E-state index in [1.807, 2.05) is 55.1 Å². The highest BCUT2D eigenvalue weighted by Gasteiger charge is 2.20. The van der Waals surface area contributed by atoms with E-state index < -0.39 is 12.0 Å². The molecule has 0 saturated heterocycles. The molecule has 0 aliphatic heterocycles. The largest absolute Gasteiger partial charge is 0.481 e. The van der Waals surface area contributed by atoms with Gasteiger partial charge in [-0.25, -0.2) is 4.68 Å². The van der Waals surface area contributed by atoms with Crippen LogP contribution in [0.15, 0.2) is 48.8 Å². The second-order valence-corrected chi connectivity index (χ2v) is 10.4. The van der Waals surface area contributed by atoms with Gasteiger partial charge in [-0.15, -0.1) is 5.10 Å². The highest BCUT2D eigenvalue weighted by atomic mass is 16.4. The van der Waals surface area contributed by atoms with Crippen LogP contribution in [0.1, 0.15) is 78.3 Å². The molecule has 0 aliphatic carbocycles. The Hall–Kier alpha value is -4.47. The minimum atomic E-state index is -0.853. The summed E-state index contributed by atoms with van der Waals surface area (Å²) in [5, 5.41) is 24.2. The van der Waals surface area contributed by atoms with Crippen molar-refractivity contribution in [2.24, 2.45) is 0 Å². The molecule has 0 radical (unpaired) electrons. The van der Waals surface area contributed by atoms with E-state index in [0.717, 1.165) is 33.3 Å². The van der Waals surface area contributed by atoms with E-state index in [4.69, 9.17) is 5.11 Å². The summed E-state index contributed by atoms with van der Waals surface area (Å²) in [5.74, 6) is -1.00. The van der Waals surface area contributed by atoms with Crippen LogP contribution >= 0.6 is 0 Å². The first kappa shape index (κ1) is 28.5. The number of carbonyl (C=O) groups is 3. The number of nitrogens with one attached hydrogen (secondary N) is 2. The van der Waals surface area contributed by atoms with Gasteiger partial charge in [0, 0.05) is 48.0 Å². The number of amides is 2. The van der Waals surface area contributed by atoms with Gasteiger partial charge in [-0.05, 0) is 67.5 Å². The van der Waals surface area contributed by atoms with Gasteiger partial charge in [-0.1, -0.05) is 37.3 Å². The third-order valence-electron chi connectivity index (χ3n) is 7.08. The van der Waals surface area contributed by atoms with Crippen LogP contribution in [0, 0.1) is 6.92 Å². The summed E-state index contributed by atoms with van der Waals surface area (Å²) in [4.78, 5) is 36.9. The second-order valence-electron chi connectivity index (χ2n) is 10.4. The molecule has 2 aromatic carbocycles. The average Bonchev–Trinajstić information content (AvgIpc) is 3.53. The molecule has 4 aromatic rings. The van der Waals surface area contributed by atoms with E-state index in [0.29, 0.717) is 30.6 Å². The van der Waals surface area contributed by atoms with Gasteiger partial charge in [-0.3, -0.25) is 14.4 Å². The maximum Gasteiger partial charge on any atom is 0.303 e. The van der Waals surface area contributed by atoms with Crippen LogP contribution in [-0.4, -0.2) is 49.5 Å². The average molecular weight is 545 g/mol. The van der Waals surface area contributed by atoms with Gasteiger partial charge in [0.1, 0.15) is 6.04 Å². The van der Waals surface area contributed by atoms with E-state index in [2.05, 4.69) is 34.8 Å². The summed E-state index contributed by atoms with van der Waals surface area (Å²) in [7, 11) is 1.58. The van der Waals surface area contributed by atoms with Crippen LogP contribution in [0.3, 0.4) is 0 Å². The first-order valence-electron chi connectivity index (χ1n) is 13.4. The molecule has 210 valence electrons. The third kappa shape index (κ3) is 6.39. The Labute approximate surface area is 233 Å². The van der Waals surface area contributed by atoms with Gasteiger partial charge in [0.2, 0.25) is 5.91 Å². The smallest absolute Gasteiger partial charge is 0.303 e. The van der Waals surface area contributed by atoms with Crippen LogP contribution in [0.4, 0.5) is 5.69 Å². The van der Waals surface area contributed by atoms with Crippen molar-refractivity contribution in [3.05, 3.63) is 76.7 Å². The molecule has 4 rings (SSSR count). The minimum absolute atomic E-state index is 0.0464. The molecule has 0 aliphatic rings. The molecule has 0 spiro atoms. The maximum absolute atomic E-state index is 13.6. The highest BCUT2D eigenvalue weighted by molar-refractivity contribution is 6.00. The van der Waals surface area contributed by atoms with Gasteiger partial charge in [-0.2, -0.15) is 0 Å². The second kappa shape index (κ2) is 12.1. The van der Waals surface area contributed by atoms with Gasteiger partial charge in [0.15, 0.2) is 0 Å². The number of aryl methyl sites for hydroxylation is 2. The van der Waals surface area contributed by atoms with Crippen molar-refractivity contribution >= 4 is 34.4 Å². The van der Waals surface area contributed by atoms with Crippen LogP contribution in [0.25, 0.3) is 10.9 Å². The lowest BCUT2D eigenvalue weighted by Crippen LogP contribution is -2.24. The number of hydrogen-bond donors (Lipinski definition) is 3. The number of carboxylic acid groups (broad SMARTS) is 1. The zero-order chi connectivity index (χ0) is 29.0. The van der Waals surface area contributed by atoms with Crippen molar-refractivity contribution in [2.75, 3.05) is 12.4 Å². The van der Waals surface area contributed by atoms with Gasteiger partial charge >= 0.3 is 5.97 Å². The van der Waals surface area contributed by atoms with Crippen molar-refractivity contribution in [1.29, 1.82) is 0 Å². The van der Waals surface area contributed by atoms with Crippen molar-refractivity contribution in [3.63, 3.8) is 0 Å². The molecule has 0 fully saturated rings. The normalized spacial score (nSPS) is 12.1. The quantitative estimate of drug-likeness (QED) is 0.251. The number of benzene rings is 2. The fourth-order valence-corrected chi connectivity index (χ4v) is 4.72.